The maximum absolute atomic E-state index is 13.0. The van der Waals surface area contributed by atoms with Gasteiger partial charge in [0.05, 0.1) is 4.90 Å². The molecule has 7 heteroatoms. The number of fused-ring (bicyclic) bond motifs is 1. The number of benzene rings is 2. The van der Waals surface area contributed by atoms with E-state index in [4.69, 9.17) is 0 Å². The van der Waals surface area contributed by atoms with E-state index in [2.05, 4.69) is 4.98 Å². The molecule has 0 atom stereocenters. The molecule has 1 aromatic heterocycles. The van der Waals surface area contributed by atoms with E-state index in [0.29, 0.717) is 5.56 Å². The molecular weight excluding hydrogens is 388 g/mol. The molecule has 3 aromatic rings. The number of pyridine rings is 1. The fourth-order valence-electron chi connectivity index (χ4n) is 3.37. The molecule has 1 aliphatic heterocycles. The number of carbonyl (C=O) groups excluding carboxylic acids is 1. The quantitative estimate of drug-likeness (QED) is 0.517. The molecule has 29 heavy (non-hydrogen) atoms. The van der Waals surface area contributed by atoms with Crippen LogP contribution in [0.25, 0.3) is 16.9 Å². The van der Waals surface area contributed by atoms with Gasteiger partial charge in [-0.1, -0.05) is 30.3 Å². The number of nitrogens with zero attached hydrogens (tertiary/aromatic N) is 2. The summed E-state index contributed by atoms with van der Waals surface area (Å²) in [6.07, 6.45) is 3.44. The van der Waals surface area contributed by atoms with Gasteiger partial charge in [0.25, 0.3) is 10.0 Å². The lowest BCUT2D eigenvalue weighted by Crippen LogP contribution is -2.37. The lowest BCUT2D eigenvalue weighted by Gasteiger charge is -2.28. The van der Waals surface area contributed by atoms with E-state index in [0.717, 1.165) is 21.0 Å². The number of carbonyl (C=O) groups is 1. The Bertz CT molecular complexity index is 1280. The van der Waals surface area contributed by atoms with Crippen LogP contribution in [0.5, 0.6) is 0 Å². The first-order valence-corrected chi connectivity index (χ1v) is 10.3. The standard InChI is InChI=1S/C22H18N2O4S/c1-14-10-17(13-23-12-14)15-6-5-7-16(11-15)21(25)20-22(26)18-8-3-4-9-19(18)29(27,28)24(20)2/h3-13,25H,1-2H3. The van der Waals surface area contributed by atoms with E-state index < -0.39 is 21.6 Å². The van der Waals surface area contributed by atoms with E-state index >= 15 is 0 Å². The van der Waals surface area contributed by atoms with Crippen LogP contribution in [0.3, 0.4) is 0 Å². The minimum absolute atomic E-state index is 0.0474. The Balaban J connectivity index is 1.88. The van der Waals surface area contributed by atoms with E-state index in [-0.39, 0.29) is 16.2 Å². The van der Waals surface area contributed by atoms with E-state index in [9.17, 15) is 18.3 Å². The van der Waals surface area contributed by atoms with Crippen LogP contribution in [0.2, 0.25) is 0 Å². The van der Waals surface area contributed by atoms with Crippen molar-refractivity contribution in [2.24, 2.45) is 0 Å². The smallest absolute Gasteiger partial charge is 0.265 e. The van der Waals surface area contributed by atoms with Crippen LogP contribution in [0.4, 0.5) is 0 Å². The molecule has 0 amide bonds. The normalized spacial score (nSPS) is 17.0. The Hall–Kier alpha value is -3.45. The SMILES string of the molecule is Cc1cncc(-c2cccc(C(O)=C3C(=O)c4ccccc4S(=O)(=O)N3C)c2)c1. The average molecular weight is 406 g/mol. The number of rotatable bonds is 2. The summed E-state index contributed by atoms with van der Waals surface area (Å²) < 4.78 is 26.5. The van der Waals surface area contributed by atoms with E-state index in [1.165, 1.54) is 19.2 Å². The molecule has 4 rings (SSSR count). The van der Waals surface area contributed by atoms with E-state index in [1.807, 2.05) is 19.1 Å². The van der Waals surface area contributed by atoms with Gasteiger partial charge in [-0.25, -0.2) is 8.42 Å². The second-order valence-corrected chi connectivity index (χ2v) is 8.76. The lowest BCUT2D eigenvalue weighted by molar-refractivity contribution is 0.100. The molecule has 0 fully saturated rings. The van der Waals surface area contributed by atoms with Gasteiger partial charge in [0, 0.05) is 36.1 Å². The Kier molecular flexibility index (Phi) is 4.47. The summed E-state index contributed by atoms with van der Waals surface area (Å²) in [5, 5.41) is 10.9. The van der Waals surface area contributed by atoms with Crippen LogP contribution < -0.4 is 0 Å². The fourth-order valence-corrected chi connectivity index (χ4v) is 4.76. The Morgan fingerprint density at radius 3 is 2.52 bits per heavy atom. The van der Waals surface area contributed by atoms with Crippen molar-refractivity contribution in [2.75, 3.05) is 7.05 Å². The molecule has 0 unspecified atom stereocenters. The third-order valence-corrected chi connectivity index (χ3v) is 6.68. The summed E-state index contributed by atoms with van der Waals surface area (Å²) in [5.41, 5.74) is 2.74. The first-order valence-electron chi connectivity index (χ1n) is 8.89. The lowest BCUT2D eigenvalue weighted by atomic mass is 10.00. The van der Waals surface area contributed by atoms with Crippen molar-refractivity contribution in [2.45, 2.75) is 11.8 Å². The van der Waals surface area contributed by atoms with Crippen molar-refractivity contribution >= 4 is 21.6 Å². The minimum Gasteiger partial charge on any atom is -0.505 e. The predicted octanol–water partition coefficient (Wildman–Crippen LogP) is 3.80. The summed E-state index contributed by atoms with van der Waals surface area (Å²) in [4.78, 5) is 17.1. The number of ketones is 1. The van der Waals surface area contributed by atoms with Crippen molar-refractivity contribution in [3.05, 3.63) is 89.4 Å². The second-order valence-electron chi connectivity index (χ2n) is 6.83. The van der Waals surface area contributed by atoms with Crippen LogP contribution in [-0.4, -0.2) is 35.6 Å². The first-order chi connectivity index (χ1) is 13.8. The highest BCUT2D eigenvalue weighted by Gasteiger charge is 2.39. The first kappa shape index (κ1) is 18.9. The predicted molar refractivity (Wildman–Crippen MR) is 110 cm³/mol. The Labute approximate surface area is 168 Å². The molecule has 0 saturated heterocycles. The summed E-state index contributed by atoms with van der Waals surface area (Å²) >= 11 is 0. The van der Waals surface area contributed by atoms with Crippen molar-refractivity contribution in [3.63, 3.8) is 0 Å². The number of hydrogen-bond acceptors (Lipinski definition) is 5. The molecule has 6 nitrogen and oxygen atoms in total. The van der Waals surface area contributed by atoms with Gasteiger partial charge in [0.2, 0.25) is 5.78 Å². The maximum Gasteiger partial charge on any atom is 0.265 e. The van der Waals surface area contributed by atoms with Crippen LogP contribution in [0, 0.1) is 6.92 Å². The van der Waals surface area contributed by atoms with Gasteiger partial charge < -0.3 is 5.11 Å². The van der Waals surface area contributed by atoms with Crippen LogP contribution >= 0.6 is 0 Å². The number of likely N-dealkylation sites (N-methyl/N-ethyl adjacent to an activating group) is 1. The monoisotopic (exact) mass is 406 g/mol. The van der Waals surface area contributed by atoms with Crippen molar-refractivity contribution < 1.29 is 18.3 Å². The molecule has 146 valence electrons. The van der Waals surface area contributed by atoms with Gasteiger partial charge in [-0.3, -0.25) is 14.1 Å². The van der Waals surface area contributed by atoms with Crippen LogP contribution in [0.1, 0.15) is 21.5 Å². The van der Waals surface area contributed by atoms with Gasteiger partial charge in [0.1, 0.15) is 5.70 Å². The Morgan fingerprint density at radius 2 is 1.76 bits per heavy atom. The molecule has 2 aromatic carbocycles. The molecule has 0 saturated carbocycles. The number of allylic oxidation sites excluding steroid dienone is 1. The number of hydrogen-bond donors (Lipinski definition) is 1. The fraction of sp³-hybridized carbons (Fsp3) is 0.0909. The van der Waals surface area contributed by atoms with Crippen molar-refractivity contribution in [3.8, 4) is 11.1 Å². The number of aliphatic hydroxyl groups is 1. The van der Waals surface area contributed by atoms with E-state index in [1.54, 1.807) is 42.7 Å². The summed E-state index contributed by atoms with van der Waals surface area (Å²) in [7, 11) is -2.67. The number of sulfonamides is 1. The highest BCUT2D eigenvalue weighted by Crippen LogP contribution is 2.34. The summed E-state index contributed by atoms with van der Waals surface area (Å²) in [6, 6.07) is 14.9. The average Bonchev–Trinajstić information content (AvgIpc) is 2.73. The topological polar surface area (TPSA) is 87.6 Å². The summed E-state index contributed by atoms with van der Waals surface area (Å²) in [6.45, 7) is 1.93. The molecule has 0 spiro atoms. The van der Waals surface area contributed by atoms with Gasteiger partial charge in [0.15, 0.2) is 5.76 Å². The van der Waals surface area contributed by atoms with Gasteiger partial charge in [-0.05, 0) is 42.3 Å². The zero-order valence-electron chi connectivity index (χ0n) is 15.8. The zero-order chi connectivity index (χ0) is 20.8. The molecule has 1 aliphatic rings. The van der Waals surface area contributed by atoms with Crippen LogP contribution in [-0.2, 0) is 10.0 Å². The molecule has 0 aliphatic carbocycles. The van der Waals surface area contributed by atoms with Gasteiger partial charge in [-0.15, -0.1) is 0 Å². The molecular formula is C22H18N2O4S. The zero-order valence-corrected chi connectivity index (χ0v) is 16.6. The second kappa shape index (κ2) is 6.86. The maximum atomic E-state index is 13.0. The minimum atomic E-state index is -3.94. The number of aryl methyl sites for hydroxylation is 1. The van der Waals surface area contributed by atoms with Gasteiger partial charge >= 0.3 is 0 Å². The largest absolute Gasteiger partial charge is 0.505 e. The highest BCUT2D eigenvalue weighted by molar-refractivity contribution is 7.89. The highest BCUT2D eigenvalue weighted by atomic mass is 32.2. The third-order valence-electron chi connectivity index (χ3n) is 4.87. The number of aromatic nitrogens is 1. The number of aliphatic hydroxyl groups excluding tert-OH is 1. The third kappa shape index (κ3) is 3.09. The summed E-state index contributed by atoms with van der Waals surface area (Å²) in [5.74, 6) is -0.934. The molecule has 2 heterocycles. The molecule has 0 radical (unpaired) electrons. The molecule has 1 N–H and O–H groups in total. The Morgan fingerprint density at radius 1 is 1.00 bits per heavy atom. The molecule has 0 bridgehead atoms. The van der Waals surface area contributed by atoms with Crippen molar-refractivity contribution in [1.29, 1.82) is 0 Å². The number of Topliss-reactive ketones (excluding diaryl/α,β-unsaturated/α-hetero) is 1. The van der Waals surface area contributed by atoms with Crippen molar-refractivity contribution in [1.82, 2.24) is 9.29 Å². The van der Waals surface area contributed by atoms with Crippen LogP contribution in [0.15, 0.2) is 77.6 Å². The van der Waals surface area contributed by atoms with Gasteiger partial charge in [-0.2, -0.15) is 0 Å².